The zero-order valence-electron chi connectivity index (χ0n) is 8.77. The highest BCUT2D eigenvalue weighted by atomic mass is 35.5. The predicted molar refractivity (Wildman–Crippen MR) is 65.2 cm³/mol. The number of aryl methyl sites for hydroxylation is 1. The van der Waals surface area contributed by atoms with E-state index in [0.29, 0.717) is 5.15 Å². The molecule has 2 heterocycles. The van der Waals surface area contributed by atoms with Crippen molar-refractivity contribution < 1.29 is 0 Å². The summed E-state index contributed by atoms with van der Waals surface area (Å²) in [5, 5.41) is 1.37. The Morgan fingerprint density at radius 1 is 1.44 bits per heavy atom. The summed E-state index contributed by atoms with van der Waals surface area (Å²) in [5.41, 5.74) is 0.960. The number of halogens is 1. The first-order valence-electron chi connectivity index (χ1n) is 4.68. The first kappa shape index (κ1) is 11.8. The molecule has 0 amide bonds. The molecule has 0 spiro atoms. The van der Waals surface area contributed by atoms with E-state index < -0.39 is 0 Å². The van der Waals surface area contributed by atoms with Gasteiger partial charge in [0.15, 0.2) is 4.34 Å². The molecule has 0 bridgehead atoms. The minimum atomic E-state index is 0.515. The third-order valence-electron chi connectivity index (χ3n) is 1.90. The summed E-state index contributed by atoms with van der Waals surface area (Å²) in [6.07, 6.45) is 2.28. The van der Waals surface area contributed by atoms with Crippen molar-refractivity contribution in [2.45, 2.75) is 29.6 Å². The molecule has 0 saturated carbocycles. The van der Waals surface area contributed by atoms with E-state index in [9.17, 15) is 0 Å². The van der Waals surface area contributed by atoms with E-state index in [1.165, 1.54) is 29.6 Å². The van der Waals surface area contributed by atoms with Gasteiger partial charge in [0.2, 0.25) is 0 Å². The molecule has 0 atom stereocenters. The number of hydrogen-bond donors (Lipinski definition) is 0. The molecule has 0 unspecified atom stereocenters. The van der Waals surface area contributed by atoms with Crippen LogP contribution >= 0.6 is 34.9 Å². The number of nitrogens with zero attached hydrogens (tertiary/aromatic N) is 4. The molecule has 2 rings (SSSR count). The summed E-state index contributed by atoms with van der Waals surface area (Å²) in [6, 6.07) is 0. The van der Waals surface area contributed by atoms with Crippen LogP contribution in [0, 0.1) is 6.92 Å². The monoisotopic (exact) mass is 272 g/mol. The van der Waals surface area contributed by atoms with E-state index >= 15 is 0 Å². The van der Waals surface area contributed by atoms with Gasteiger partial charge in [0.25, 0.3) is 0 Å². The Morgan fingerprint density at radius 3 is 2.88 bits per heavy atom. The molecule has 0 aliphatic carbocycles. The van der Waals surface area contributed by atoms with Crippen LogP contribution in [-0.2, 0) is 6.42 Å². The number of aromatic nitrogens is 4. The highest BCUT2D eigenvalue weighted by Crippen LogP contribution is 2.32. The summed E-state index contributed by atoms with van der Waals surface area (Å²) in [4.78, 5) is 12.5. The fourth-order valence-electron chi connectivity index (χ4n) is 1.16. The maximum Gasteiger partial charge on any atom is 0.176 e. The average molecular weight is 273 g/mol. The topological polar surface area (TPSA) is 51.6 Å². The van der Waals surface area contributed by atoms with Crippen molar-refractivity contribution in [2.24, 2.45) is 0 Å². The first-order chi connectivity index (χ1) is 7.70. The fraction of sp³-hybridized carbons (Fsp3) is 0.333. The Labute approximate surface area is 107 Å². The largest absolute Gasteiger partial charge is 0.229 e. The second kappa shape index (κ2) is 5.07. The molecule has 4 nitrogen and oxygen atoms in total. The standard InChI is InChI=1S/C9H9ClN4S2/c1-3-6-7(10)11-4-12-8(6)15-9-13-5(2)14-16-9/h4H,3H2,1-2H3. The van der Waals surface area contributed by atoms with E-state index in [-0.39, 0.29) is 0 Å². The van der Waals surface area contributed by atoms with Crippen molar-refractivity contribution in [1.82, 2.24) is 19.3 Å². The highest BCUT2D eigenvalue weighted by molar-refractivity contribution is 8.00. The summed E-state index contributed by atoms with van der Waals surface area (Å²) in [6.45, 7) is 3.90. The van der Waals surface area contributed by atoms with Crippen LogP contribution in [-0.4, -0.2) is 19.3 Å². The second-order valence-electron chi connectivity index (χ2n) is 3.01. The van der Waals surface area contributed by atoms with Gasteiger partial charge in [0.05, 0.1) is 0 Å². The van der Waals surface area contributed by atoms with Gasteiger partial charge in [-0.25, -0.2) is 15.0 Å². The summed E-state index contributed by atoms with van der Waals surface area (Å²) in [5.74, 6) is 0.783. The summed E-state index contributed by atoms with van der Waals surface area (Å²) < 4.78 is 5.00. The van der Waals surface area contributed by atoms with Gasteiger partial charge in [-0.2, -0.15) is 4.37 Å². The van der Waals surface area contributed by atoms with Gasteiger partial charge in [-0.15, -0.1) is 0 Å². The Balaban J connectivity index is 2.30. The predicted octanol–water partition coefficient (Wildman–Crippen LogP) is 3.00. The van der Waals surface area contributed by atoms with Gasteiger partial charge in [-0.3, -0.25) is 0 Å². The molecule has 0 radical (unpaired) electrons. The minimum absolute atomic E-state index is 0.515. The van der Waals surface area contributed by atoms with Crippen LogP contribution < -0.4 is 0 Å². The Morgan fingerprint density at radius 2 is 2.25 bits per heavy atom. The maximum atomic E-state index is 6.00. The first-order valence-corrected chi connectivity index (χ1v) is 6.65. The second-order valence-corrected chi connectivity index (χ2v) is 5.36. The normalized spacial score (nSPS) is 10.7. The van der Waals surface area contributed by atoms with Gasteiger partial charge >= 0.3 is 0 Å². The van der Waals surface area contributed by atoms with Crippen molar-refractivity contribution in [3.05, 3.63) is 22.9 Å². The molecule has 84 valence electrons. The van der Waals surface area contributed by atoms with Crippen LogP contribution in [0.3, 0.4) is 0 Å². The van der Waals surface area contributed by atoms with Crippen LogP contribution in [0.25, 0.3) is 0 Å². The maximum absolute atomic E-state index is 6.00. The Bertz CT molecular complexity index is 500. The molecule has 16 heavy (non-hydrogen) atoms. The molecule has 2 aromatic heterocycles. The van der Waals surface area contributed by atoms with Crippen LogP contribution in [0.5, 0.6) is 0 Å². The molecule has 0 fully saturated rings. The van der Waals surface area contributed by atoms with E-state index in [1.807, 2.05) is 13.8 Å². The molecule has 2 aromatic rings. The van der Waals surface area contributed by atoms with Gasteiger partial charge in [0.1, 0.15) is 22.3 Å². The fourth-order valence-corrected chi connectivity index (χ4v) is 3.21. The van der Waals surface area contributed by atoms with E-state index in [1.54, 1.807) is 0 Å². The van der Waals surface area contributed by atoms with Gasteiger partial charge < -0.3 is 0 Å². The zero-order chi connectivity index (χ0) is 11.5. The van der Waals surface area contributed by atoms with Crippen LogP contribution in [0.15, 0.2) is 15.7 Å². The third-order valence-corrected chi connectivity index (χ3v) is 4.11. The lowest BCUT2D eigenvalue weighted by Crippen LogP contribution is -1.93. The smallest absolute Gasteiger partial charge is 0.176 e. The SMILES string of the molecule is CCc1c(Cl)ncnc1Sc1nc(C)ns1. The van der Waals surface area contributed by atoms with Crippen LogP contribution in [0.1, 0.15) is 18.3 Å². The zero-order valence-corrected chi connectivity index (χ0v) is 11.2. The van der Waals surface area contributed by atoms with E-state index in [0.717, 1.165) is 27.2 Å². The van der Waals surface area contributed by atoms with Crippen molar-refractivity contribution >= 4 is 34.9 Å². The lowest BCUT2D eigenvalue weighted by molar-refractivity contribution is 0.942. The van der Waals surface area contributed by atoms with Crippen molar-refractivity contribution in [2.75, 3.05) is 0 Å². The molecule has 0 N–H and O–H groups in total. The van der Waals surface area contributed by atoms with E-state index in [4.69, 9.17) is 11.6 Å². The molecule has 0 aliphatic heterocycles. The molecule has 7 heteroatoms. The average Bonchev–Trinajstić information content (AvgIpc) is 2.64. The Hall–Kier alpha value is -0.720. The van der Waals surface area contributed by atoms with Crippen molar-refractivity contribution in [3.8, 4) is 0 Å². The summed E-state index contributed by atoms with van der Waals surface area (Å²) in [7, 11) is 0. The Kier molecular flexibility index (Phi) is 3.73. The van der Waals surface area contributed by atoms with Gasteiger partial charge in [0, 0.05) is 5.56 Å². The molecule has 0 aliphatic rings. The lowest BCUT2D eigenvalue weighted by atomic mass is 10.3. The molecule has 0 saturated heterocycles. The molecule has 0 aromatic carbocycles. The number of rotatable bonds is 3. The number of hydrogen-bond acceptors (Lipinski definition) is 6. The highest BCUT2D eigenvalue weighted by Gasteiger charge is 2.11. The van der Waals surface area contributed by atoms with E-state index in [2.05, 4.69) is 19.3 Å². The van der Waals surface area contributed by atoms with Gasteiger partial charge in [-0.05, 0) is 36.6 Å². The minimum Gasteiger partial charge on any atom is -0.229 e. The van der Waals surface area contributed by atoms with Crippen molar-refractivity contribution in [1.29, 1.82) is 0 Å². The lowest BCUT2D eigenvalue weighted by Gasteiger charge is -2.04. The quantitative estimate of drug-likeness (QED) is 0.804. The van der Waals surface area contributed by atoms with Crippen LogP contribution in [0.2, 0.25) is 5.15 Å². The van der Waals surface area contributed by atoms with Crippen LogP contribution in [0.4, 0.5) is 0 Å². The van der Waals surface area contributed by atoms with Gasteiger partial charge in [-0.1, -0.05) is 18.5 Å². The summed E-state index contributed by atoms with van der Waals surface area (Å²) >= 11 is 8.85. The third kappa shape index (κ3) is 2.50. The molecular weight excluding hydrogens is 264 g/mol. The molecular formula is C9H9ClN4S2. The van der Waals surface area contributed by atoms with Crippen molar-refractivity contribution in [3.63, 3.8) is 0 Å².